The van der Waals surface area contributed by atoms with Gasteiger partial charge in [-0.3, -0.25) is 4.57 Å². The number of hydrogen-bond acceptors (Lipinski definition) is 1. The molecule has 0 aromatic heterocycles. The summed E-state index contributed by atoms with van der Waals surface area (Å²) in [6, 6.07) is 0. The second kappa shape index (κ2) is 22.5. The molecule has 0 aromatic carbocycles. The van der Waals surface area contributed by atoms with Crippen molar-refractivity contribution in [3.63, 3.8) is 0 Å². The van der Waals surface area contributed by atoms with Crippen LogP contribution in [0, 0.1) is 0 Å². The van der Waals surface area contributed by atoms with E-state index >= 15 is 0 Å². The molecule has 0 aliphatic rings. The summed E-state index contributed by atoms with van der Waals surface area (Å²) in [5, 5.41) is 0. The van der Waals surface area contributed by atoms with Gasteiger partial charge >= 0.3 is 74.6 Å². The van der Waals surface area contributed by atoms with Crippen molar-refractivity contribution < 1.29 is 37.5 Å². The van der Waals surface area contributed by atoms with Crippen LogP contribution in [-0.2, 0) is 4.57 Å². The molecular formula is H11AlLiMgO3PSb. The standard InChI is InChI=1S/Al.Li.Mg.H3O3P.Sb.8H/c;;;1-4(2)3;;;;;;;;;/h;;;4H,(H2,1,2,3);;;;;;;;;/q;+1;+2;;;;;;;;3*-1. The fraction of sp³-hybridized carbons (Fsp3) is 0. The minimum absolute atomic E-state index is 0. The average Bonchev–Trinajstić information content (AvgIpc) is 0.811. The van der Waals surface area contributed by atoms with Crippen LogP contribution in [0.2, 0.25) is 0 Å². The molecule has 0 amide bonds. The third-order valence-electron chi connectivity index (χ3n) is 0. The van der Waals surface area contributed by atoms with Gasteiger partial charge in [-0.1, -0.05) is 0 Å². The zero-order valence-corrected chi connectivity index (χ0v) is 9.80. The molecule has 0 aliphatic carbocycles. The van der Waals surface area contributed by atoms with Gasteiger partial charge in [0.15, 0.2) is 17.4 Å². The fourth-order valence-electron chi connectivity index (χ4n) is 0. The summed E-state index contributed by atoms with van der Waals surface area (Å²) in [6.07, 6.45) is 0. The predicted molar refractivity (Wildman–Crippen MR) is 41.0 cm³/mol. The normalized spacial score (nSPS) is 4.38. The Morgan fingerprint density at radius 1 is 1.38 bits per heavy atom. The van der Waals surface area contributed by atoms with Gasteiger partial charge < -0.3 is 14.1 Å². The molecule has 0 bridgehead atoms. The van der Waals surface area contributed by atoms with Gasteiger partial charge in [-0.25, -0.2) is 0 Å². The van der Waals surface area contributed by atoms with Crippen LogP contribution in [-0.4, -0.2) is 74.6 Å². The van der Waals surface area contributed by atoms with Gasteiger partial charge in [-0.2, -0.15) is 0 Å². The predicted octanol–water partition coefficient (Wildman–Crippen LogP) is -5.78. The molecule has 8 heteroatoms. The van der Waals surface area contributed by atoms with Crippen molar-refractivity contribution in [2.75, 3.05) is 0 Å². The van der Waals surface area contributed by atoms with Crippen LogP contribution < -0.4 is 18.9 Å². The molecule has 45 valence electrons. The molecule has 0 saturated heterocycles. The van der Waals surface area contributed by atoms with E-state index in [0.29, 0.717) is 0 Å². The zero-order valence-electron chi connectivity index (χ0n) is 7.09. The van der Waals surface area contributed by atoms with E-state index < -0.39 is 8.25 Å². The molecule has 0 aromatic rings. The van der Waals surface area contributed by atoms with Crippen LogP contribution in [0.3, 0.4) is 0 Å². The summed E-state index contributed by atoms with van der Waals surface area (Å²) >= 11 is 0. The van der Waals surface area contributed by atoms with Crippen LogP contribution >= 0.6 is 8.25 Å². The van der Waals surface area contributed by atoms with Gasteiger partial charge in [0.2, 0.25) is 0 Å². The van der Waals surface area contributed by atoms with E-state index in [2.05, 4.69) is 0 Å². The topological polar surface area (TPSA) is 57.5 Å². The third kappa shape index (κ3) is 66.8. The van der Waals surface area contributed by atoms with Crippen molar-refractivity contribution in [1.29, 1.82) is 0 Å². The maximum absolute atomic E-state index is 8.74. The Morgan fingerprint density at radius 2 is 1.38 bits per heavy atom. The first-order valence-corrected chi connectivity index (χ1v) is 1.95. The van der Waals surface area contributed by atoms with Gasteiger partial charge in [0.05, 0.1) is 0 Å². The van der Waals surface area contributed by atoms with Crippen molar-refractivity contribution in [2.45, 2.75) is 0 Å². The van der Waals surface area contributed by atoms with Crippen molar-refractivity contribution in [2.24, 2.45) is 0 Å². The molecule has 0 aliphatic heterocycles. The van der Waals surface area contributed by atoms with Gasteiger partial charge in [-0.15, -0.1) is 0 Å². The third-order valence-corrected chi connectivity index (χ3v) is 0. The second-order valence-electron chi connectivity index (χ2n) is 0.283. The molecule has 0 spiro atoms. The Labute approximate surface area is 109 Å². The van der Waals surface area contributed by atoms with E-state index in [9.17, 15) is 0 Å². The molecule has 0 unspecified atom stereocenters. The summed E-state index contributed by atoms with van der Waals surface area (Å²) in [6.45, 7) is 0. The molecule has 3 nitrogen and oxygen atoms in total. The van der Waals surface area contributed by atoms with Gasteiger partial charge in [0, 0.05) is 0 Å². The summed E-state index contributed by atoms with van der Waals surface area (Å²) in [5.74, 6) is 0. The van der Waals surface area contributed by atoms with Crippen molar-refractivity contribution in [3.8, 4) is 0 Å². The van der Waals surface area contributed by atoms with E-state index in [4.69, 9.17) is 14.4 Å². The maximum atomic E-state index is 8.74. The van der Waals surface area contributed by atoms with E-state index in [0.717, 1.165) is 0 Å². The Bertz CT molecular complexity index is 51.6. The second-order valence-corrected chi connectivity index (χ2v) is 0.848. The molecular weight excluding hydrogens is 259 g/mol. The van der Waals surface area contributed by atoms with Crippen molar-refractivity contribution >= 4 is 73.1 Å². The Hall–Kier alpha value is 2.86. The first-order chi connectivity index (χ1) is 1.73. The molecule has 0 heterocycles. The molecule has 0 fully saturated rings. The SMILES string of the molecule is O=[PH](O)O.[AlH3].[H-].[H-].[H-].[Li+].[Mg+2].[SbH2]. The summed E-state index contributed by atoms with van der Waals surface area (Å²) in [4.78, 5) is 14.3. The fourth-order valence-corrected chi connectivity index (χ4v) is 0. The summed E-state index contributed by atoms with van der Waals surface area (Å²) < 4.78 is 8.74. The van der Waals surface area contributed by atoms with Crippen LogP contribution in [0.25, 0.3) is 0 Å². The first-order valence-electron chi connectivity index (χ1n) is 0.651. The first kappa shape index (κ1) is 30.7. The quantitative estimate of drug-likeness (QED) is 0.340. The minimum atomic E-state index is -3.13. The average molecular weight is 270 g/mol. The van der Waals surface area contributed by atoms with Crippen molar-refractivity contribution in [3.05, 3.63) is 0 Å². The Morgan fingerprint density at radius 3 is 1.38 bits per heavy atom. The molecule has 0 saturated carbocycles. The number of rotatable bonds is 0. The molecule has 0 atom stereocenters. The van der Waals surface area contributed by atoms with Crippen LogP contribution in [0.1, 0.15) is 4.28 Å². The molecule has 8 heavy (non-hydrogen) atoms. The van der Waals surface area contributed by atoms with E-state index in [1.54, 1.807) is 0 Å². The molecule has 2 N–H and O–H groups in total. The van der Waals surface area contributed by atoms with Crippen LogP contribution in [0.5, 0.6) is 0 Å². The zero-order chi connectivity index (χ0) is 3.58. The van der Waals surface area contributed by atoms with Crippen LogP contribution in [0.4, 0.5) is 0 Å². The number of hydrogen-bond donors (Lipinski definition) is 2. The molecule has 0 rings (SSSR count). The molecule has 1 radical (unpaired) electrons. The summed E-state index contributed by atoms with van der Waals surface area (Å²) in [5.41, 5.74) is 0. The van der Waals surface area contributed by atoms with Gasteiger partial charge in [0.25, 0.3) is 0 Å². The Kier molecular flexibility index (Phi) is 86.6. The Balaban J connectivity index is -0.00000000214. The van der Waals surface area contributed by atoms with Crippen LogP contribution in [0.15, 0.2) is 0 Å². The van der Waals surface area contributed by atoms with E-state index in [1.807, 2.05) is 0 Å². The van der Waals surface area contributed by atoms with E-state index in [1.165, 1.54) is 0 Å². The van der Waals surface area contributed by atoms with E-state index in [-0.39, 0.29) is 88.0 Å². The monoisotopic (exact) mass is 269 g/mol. The summed E-state index contributed by atoms with van der Waals surface area (Å²) in [7, 11) is -3.13. The van der Waals surface area contributed by atoms with Gasteiger partial charge in [-0.05, 0) is 0 Å². The van der Waals surface area contributed by atoms with Gasteiger partial charge in [0.1, 0.15) is 0 Å². The van der Waals surface area contributed by atoms with Crippen molar-refractivity contribution in [1.82, 2.24) is 0 Å².